The Morgan fingerprint density at radius 3 is 2.54 bits per heavy atom. The number of aryl methyl sites for hydroxylation is 1. The van der Waals surface area contributed by atoms with E-state index in [-0.39, 0.29) is 11.3 Å². The summed E-state index contributed by atoms with van der Waals surface area (Å²) >= 11 is 0. The summed E-state index contributed by atoms with van der Waals surface area (Å²) in [5, 5.41) is 0.853. The van der Waals surface area contributed by atoms with Crippen molar-refractivity contribution in [2.24, 2.45) is 5.73 Å². The van der Waals surface area contributed by atoms with E-state index in [1.807, 2.05) is 31.2 Å². The molecule has 0 radical (unpaired) electrons. The topological polar surface area (TPSA) is 87.2 Å². The van der Waals surface area contributed by atoms with E-state index < -0.39 is 0 Å². The number of ether oxygens (including phenoxy) is 1. The first kappa shape index (κ1) is 19.4. The summed E-state index contributed by atoms with van der Waals surface area (Å²) in [6, 6.07) is 10.8. The number of Topliss-reactive ketones (excluding diaryl/α,β-unsaturated/α-hetero) is 1. The Hall–Kier alpha value is -3.41. The van der Waals surface area contributed by atoms with E-state index in [4.69, 9.17) is 10.5 Å². The molecule has 0 aliphatic heterocycles. The third kappa shape index (κ3) is 3.53. The zero-order valence-electron chi connectivity index (χ0n) is 16.4. The van der Waals surface area contributed by atoms with Crippen molar-refractivity contribution >= 4 is 22.3 Å². The highest BCUT2D eigenvalue weighted by Gasteiger charge is 2.18. The minimum atomic E-state index is -0.142. The van der Waals surface area contributed by atoms with Gasteiger partial charge < -0.3 is 15.0 Å². The van der Waals surface area contributed by atoms with Gasteiger partial charge in [-0.05, 0) is 44.5 Å². The lowest BCUT2D eigenvalue weighted by molar-refractivity contribution is -0.111. The van der Waals surface area contributed by atoms with Gasteiger partial charge >= 0.3 is 0 Å². The molecule has 1 aromatic carbocycles. The largest absolute Gasteiger partial charge is 0.496 e. The number of nitrogens with zero attached hydrogens (tertiary/aromatic N) is 2. The molecule has 3 rings (SSSR count). The maximum Gasteiger partial charge on any atom is 0.251 e. The lowest BCUT2D eigenvalue weighted by Gasteiger charge is -2.17. The van der Waals surface area contributed by atoms with E-state index >= 15 is 0 Å². The van der Waals surface area contributed by atoms with Gasteiger partial charge in [0.25, 0.3) is 5.56 Å². The van der Waals surface area contributed by atoms with Crippen molar-refractivity contribution in [2.45, 2.75) is 27.3 Å². The molecule has 2 heterocycles. The highest BCUT2D eigenvalue weighted by atomic mass is 16.5. The van der Waals surface area contributed by atoms with Crippen LogP contribution in [0.1, 0.15) is 30.7 Å². The fourth-order valence-electron chi connectivity index (χ4n) is 3.43. The third-order valence-corrected chi connectivity index (χ3v) is 4.70. The van der Waals surface area contributed by atoms with Crippen LogP contribution in [0, 0.1) is 6.92 Å². The van der Waals surface area contributed by atoms with Crippen LogP contribution < -0.4 is 16.0 Å². The van der Waals surface area contributed by atoms with Gasteiger partial charge in [0.15, 0.2) is 5.78 Å². The zero-order chi connectivity index (χ0) is 20.4. The number of methoxy groups -OCH3 is 1. The summed E-state index contributed by atoms with van der Waals surface area (Å²) in [7, 11) is 1.53. The van der Waals surface area contributed by atoms with E-state index in [2.05, 4.69) is 4.98 Å². The SMILES string of the molecule is COc1cc2c(cc1C(C(C)=O)=C(C)N)c(C)cc(=O)n2Cc1ccccn1. The Bertz CT molecular complexity index is 1140. The van der Waals surface area contributed by atoms with Crippen LogP contribution in [0.25, 0.3) is 16.5 Å². The van der Waals surface area contributed by atoms with Gasteiger partial charge in [-0.2, -0.15) is 0 Å². The second-order valence-electron chi connectivity index (χ2n) is 6.76. The average molecular weight is 377 g/mol. The second-order valence-corrected chi connectivity index (χ2v) is 6.76. The summed E-state index contributed by atoms with van der Waals surface area (Å²) in [5.41, 5.74) is 9.62. The van der Waals surface area contributed by atoms with Crippen molar-refractivity contribution in [2.75, 3.05) is 7.11 Å². The Morgan fingerprint density at radius 2 is 1.96 bits per heavy atom. The van der Waals surface area contributed by atoms with Crippen molar-refractivity contribution in [3.05, 3.63) is 75.5 Å². The minimum absolute atomic E-state index is 0.122. The lowest BCUT2D eigenvalue weighted by Crippen LogP contribution is -2.21. The van der Waals surface area contributed by atoms with Crippen LogP contribution in [0.3, 0.4) is 0 Å². The fourth-order valence-corrected chi connectivity index (χ4v) is 3.43. The average Bonchev–Trinajstić information content (AvgIpc) is 2.65. The summed E-state index contributed by atoms with van der Waals surface area (Å²) in [6.45, 7) is 5.38. The molecule has 0 saturated heterocycles. The molecule has 3 aromatic rings. The van der Waals surface area contributed by atoms with Gasteiger partial charge in [-0.1, -0.05) is 6.07 Å². The number of carbonyl (C=O) groups excluding carboxylic acids is 1. The van der Waals surface area contributed by atoms with Gasteiger partial charge in [0.05, 0.1) is 24.9 Å². The van der Waals surface area contributed by atoms with Crippen LogP contribution in [0.15, 0.2) is 53.1 Å². The molecule has 0 saturated carbocycles. The van der Waals surface area contributed by atoms with E-state index in [1.54, 1.807) is 29.8 Å². The molecular formula is C22H23N3O3. The van der Waals surface area contributed by atoms with E-state index in [9.17, 15) is 9.59 Å². The fraction of sp³-hybridized carbons (Fsp3) is 0.227. The first-order valence-electron chi connectivity index (χ1n) is 8.93. The number of nitrogens with two attached hydrogens (primary N) is 1. The number of benzene rings is 1. The monoisotopic (exact) mass is 377 g/mol. The number of carbonyl (C=O) groups is 1. The van der Waals surface area contributed by atoms with Crippen molar-refractivity contribution in [3.63, 3.8) is 0 Å². The maximum atomic E-state index is 12.7. The van der Waals surface area contributed by atoms with E-state index in [0.29, 0.717) is 34.6 Å². The molecular weight excluding hydrogens is 354 g/mol. The molecule has 6 heteroatoms. The molecule has 0 unspecified atom stereocenters. The smallest absolute Gasteiger partial charge is 0.251 e. The maximum absolute atomic E-state index is 12.7. The number of hydrogen-bond acceptors (Lipinski definition) is 5. The minimum Gasteiger partial charge on any atom is -0.496 e. The standard InChI is InChI=1S/C22H23N3O3/c1-13-9-21(27)25(12-16-7-5-6-8-24-16)19-11-20(28-4)18(10-17(13)19)22(14(2)23)15(3)26/h5-11H,12,23H2,1-4H3. The number of rotatable bonds is 5. The van der Waals surface area contributed by atoms with Gasteiger partial charge in [-0.3, -0.25) is 14.6 Å². The van der Waals surface area contributed by atoms with E-state index in [1.165, 1.54) is 14.0 Å². The molecule has 2 N–H and O–H groups in total. The second kappa shape index (κ2) is 7.68. The number of aromatic nitrogens is 2. The lowest BCUT2D eigenvalue weighted by atomic mass is 9.96. The first-order valence-corrected chi connectivity index (χ1v) is 8.93. The zero-order valence-corrected chi connectivity index (χ0v) is 16.4. The molecule has 0 spiro atoms. The Labute approximate surface area is 163 Å². The summed E-state index contributed by atoms with van der Waals surface area (Å²) in [6.07, 6.45) is 1.70. The van der Waals surface area contributed by atoms with Crippen molar-refractivity contribution in [3.8, 4) is 5.75 Å². The molecule has 0 atom stereocenters. The summed E-state index contributed by atoms with van der Waals surface area (Å²) < 4.78 is 7.20. The Kier molecular flexibility index (Phi) is 5.31. The highest BCUT2D eigenvalue weighted by Crippen LogP contribution is 2.33. The van der Waals surface area contributed by atoms with Gasteiger partial charge in [0, 0.05) is 40.5 Å². The molecule has 0 aliphatic rings. The molecule has 28 heavy (non-hydrogen) atoms. The highest BCUT2D eigenvalue weighted by molar-refractivity contribution is 6.21. The number of allylic oxidation sites excluding steroid dienone is 2. The van der Waals surface area contributed by atoms with Crippen molar-refractivity contribution in [1.29, 1.82) is 0 Å². The van der Waals surface area contributed by atoms with Crippen molar-refractivity contribution < 1.29 is 9.53 Å². The number of ketones is 1. The number of pyridine rings is 2. The Morgan fingerprint density at radius 1 is 1.21 bits per heavy atom. The third-order valence-electron chi connectivity index (χ3n) is 4.70. The van der Waals surface area contributed by atoms with Crippen LogP contribution in [-0.2, 0) is 11.3 Å². The number of fused-ring (bicyclic) bond motifs is 1. The van der Waals surface area contributed by atoms with Gasteiger partial charge in [0.1, 0.15) is 5.75 Å². The normalized spacial score (nSPS) is 12.0. The van der Waals surface area contributed by atoms with Gasteiger partial charge in [-0.25, -0.2) is 0 Å². The van der Waals surface area contributed by atoms with E-state index in [0.717, 1.165) is 16.6 Å². The predicted octanol–water partition coefficient (Wildman–Crippen LogP) is 3.04. The molecule has 0 aliphatic carbocycles. The number of hydrogen-bond donors (Lipinski definition) is 1. The molecule has 2 aromatic heterocycles. The van der Waals surface area contributed by atoms with Gasteiger partial charge in [-0.15, -0.1) is 0 Å². The molecule has 144 valence electrons. The summed E-state index contributed by atoms with van der Waals surface area (Å²) in [4.78, 5) is 29.2. The molecule has 0 bridgehead atoms. The van der Waals surface area contributed by atoms with Crippen LogP contribution in [0.2, 0.25) is 0 Å². The molecule has 0 amide bonds. The Balaban J connectivity index is 2.33. The quantitative estimate of drug-likeness (QED) is 0.691. The predicted molar refractivity (Wildman–Crippen MR) is 110 cm³/mol. The van der Waals surface area contributed by atoms with Crippen LogP contribution >= 0.6 is 0 Å². The van der Waals surface area contributed by atoms with Crippen LogP contribution in [0.4, 0.5) is 0 Å². The van der Waals surface area contributed by atoms with Crippen molar-refractivity contribution in [1.82, 2.24) is 9.55 Å². The van der Waals surface area contributed by atoms with Crippen LogP contribution in [-0.4, -0.2) is 22.4 Å². The summed E-state index contributed by atoms with van der Waals surface area (Å²) in [5.74, 6) is 0.347. The first-order chi connectivity index (χ1) is 13.3. The van der Waals surface area contributed by atoms with Crippen LogP contribution in [0.5, 0.6) is 5.75 Å². The molecule has 0 fully saturated rings. The van der Waals surface area contributed by atoms with Gasteiger partial charge in [0.2, 0.25) is 0 Å². The molecule has 6 nitrogen and oxygen atoms in total.